The Hall–Kier alpha value is -1.99. The van der Waals surface area contributed by atoms with Gasteiger partial charge in [0.1, 0.15) is 5.82 Å². The zero-order valence-corrected chi connectivity index (χ0v) is 15.5. The lowest BCUT2D eigenvalue weighted by Gasteiger charge is -2.00. The van der Waals surface area contributed by atoms with Gasteiger partial charge in [0.25, 0.3) is 5.22 Å². The monoisotopic (exact) mass is 420 g/mol. The van der Waals surface area contributed by atoms with Crippen molar-refractivity contribution in [1.82, 2.24) is 10.2 Å². The van der Waals surface area contributed by atoms with Gasteiger partial charge in [-0.15, -0.1) is 10.2 Å². The van der Waals surface area contributed by atoms with E-state index in [9.17, 15) is 9.18 Å². The minimum Gasteiger partial charge on any atom is -0.411 e. The molecule has 0 atom stereocenters. The molecule has 3 aromatic rings. The normalized spacial score (nSPS) is 10.8. The van der Waals surface area contributed by atoms with Crippen LogP contribution in [0, 0.1) is 5.82 Å². The lowest BCUT2D eigenvalue weighted by molar-refractivity contribution is 0.0982. The van der Waals surface area contributed by atoms with Gasteiger partial charge >= 0.3 is 0 Å². The molecule has 0 aliphatic heterocycles. The molecule has 128 valence electrons. The summed E-state index contributed by atoms with van der Waals surface area (Å²) in [6.45, 7) is 0. The van der Waals surface area contributed by atoms with E-state index in [-0.39, 0.29) is 11.6 Å². The Balaban J connectivity index is 1.47. The number of carbonyl (C=O) groups excluding carboxylic acids is 1. The molecule has 0 saturated carbocycles. The molecule has 1 heterocycles. The number of Topliss-reactive ketones (excluding diaryl/α,β-unsaturated/α-hetero) is 1. The van der Waals surface area contributed by atoms with E-state index in [1.807, 2.05) is 24.3 Å². The summed E-state index contributed by atoms with van der Waals surface area (Å²) in [5.74, 6) is 0.818. The molecule has 0 saturated heterocycles. The number of halogens is 2. The second kappa shape index (κ2) is 8.40. The molecular formula is C18H14BrFN2O2S. The van der Waals surface area contributed by atoms with Crippen molar-refractivity contribution in [3.63, 3.8) is 0 Å². The van der Waals surface area contributed by atoms with Crippen molar-refractivity contribution in [3.8, 4) is 11.5 Å². The number of hydrogen-bond donors (Lipinski definition) is 0. The number of benzene rings is 2. The number of aromatic nitrogens is 2. The molecule has 0 amide bonds. The van der Waals surface area contributed by atoms with Gasteiger partial charge in [-0.2, -0.15) is 0 Å². The first-order chi connectivity index (χ1) is 12.1. The fraction of sp³-hybridized carbons (Fsp3) is 0.167. The highest BCUT2D eigenvalue weighted by Gasteiger charge is 2.10. The lowest BCUT2D eigenvalue weighted by atomic mass is 10.1. The first-order valence-electron chi connectivity index (χ1n) is 7.63. The maximum atomic E-state index is 12.8. The number of carbonyl (C=O) groups is 1. The van der Waals surface area contributed by atoms with Crippen LogP contribution in [-0.2, 0) is 0 Å². The molecule has 0 fully saturated rings. The maximum Gasteiger partial charge on any atom is 0.276 e. The SMILES string of the molecule is O=C(CCCSc1nnc(-c2ccc(Br)cc2)o1)c1ccc(F)cc1. The zero-order valence-electron chi connectivity index (χ0n) is 13.1. The topological polar surface area (TPSA) is 56.0 Å². The Labute approximate surface area is 157 Å². The quantitative estimate of drug-likeness (QED) is 0.291. The van der Waals surface area contributed by atoms with Gasteiger partial charge in [-0.3, -0.25) is 4.79 Å². The summed E-state index contributed by atoms with van der Waals surface area (Å²) in [5, 5.41) is 8.52. The van der Waals surface area contributed by atoms with Gasteiger partial charge in [-0.25, -0.2) is 4.39 Å². The number of rotatable bonds is 7. The Morgan fingerprint density at radius 2 is 1.80 bits per heavy atom. The largest absolute Gasteiger partial charge is 0.411 e. The summed E-state index contributed by atoms with van der Waals surface area (Å²) in [6, 6.07) is 13.2. The van der Waals surface area contributed by atoms with Gasteiger partial charge in [0.15, 0.2) is 5.78 Å². The van der Waals surface area contributed by atoms with E-state index in [2.05, 4.69) is 26.1 Å². The van der Waals surface area contributed by atoms with Crippen LogP contribution in [0.4, 0.5) is 4.39 Å². The van der Waals surface area contributed by atoms with E-state index in [0.717, 1.165) is 10.0 Å². The van der Waals surface area contributed by atoms with Crippen molar-refractivity contribution in [2.24, 2.45) is 0 Å². The molecule has 0 unspecified atom stereocenters. The summed E-state index contributed by atoms with van der Waals surface area (Å²) in [4.78, 5) is 12.0. The summed E-state index contributed by atoms with van der Waals surface area (Å²) >= 11 is 4.80. The van der Waals surface area contributed by atoms with Crippen molar-refractivity contribution in [1.29, 1.82) is 0 Å². The Bertz CT molecular complexity index is 850. The van der Waals surface area contributed by atoms with E-state index in [1.54, 1.807) is 0 Å². The molecule has 25 heavy (non-hydrogen) atoms. The number of hydrogen-bond acceptors (Lipinski definition) is 5. The zero-order chi connectivity index (χ0) is 17.6. The number of nitrogens with zero attached hydrogens (tertiary/aromatic N) is 2. The highest BCUT2D eigenvalue weighted by Crippen LogP contribution is 2.25. The van der Waals surface area contributed by atoms with Crippen molar-refractivity contribution in [3.05, 3.63) is 64.4 Å². The second-order valence-electron chi connectivity index (χ2n) is 5.26. The van der Waals surface area contributed by atoms with E-state index < -0.39 is 0 Å². The van der Waals surface area contributed by atoms with Crippen molar-refractivity contribution >= 4 is 33.5 Å². The van der Waals surface area contributed by atoms with Crippen LogP contribution in [0.5, 0.6) is 0 Å². The Morgan fingerprint density at radius 3 is 2.52 bits per heavy atom. The van der Waals surface area contributed by atoms with Crippen molar-refractivity contribution < 1.29 is 13.6 Å². The second-order valence-corrected chi connectivity index (χ2v) is 7.22. The average molecular weight is 421 g/mol. The third-order valence-corrected chi connectivity index (χ3v) is 4.87. The van der Waals surface area contributed by atoms with E-state index >= 15 is 0 Å². The maximum absolute atomic E-state index is 12.8. The molecule has 2 aromatic carbocycles. The average Bonchev–Trinajstić information content (AvgIpc) is 3.09. The third kappa shape index (κ3) is 4.99. The smallest absolute Gasteiger partial charge is 0.276 e. The van der Waals surface area contributed by atoms with E-state index in [4.69, 9.17) is 4.42 Å². The van der Waals surface area contributed by atoms with Crippen LogP contribution in [-0.4, -0.2) is 21.7 Å². The first kappa shape index (κ1) is 17.8. The van der Waals surface area contributed by atoms with Crippen LogP contribution >= 0.6 is 27.7 Å². The molecule has 4 nitrogen and oxygen atoms in total. The predicted molar refractivity (Wildman–Crippen MR) is 98.1 cm³/mol. The van der Waals surface area contributed by atoms with Crippen molar-refractivity contribution in [2.75, 3.05) is 5.75 Å². The Morgan fingerprint density at radius 1 is 1.08 bits per heavy atom. The molecular weight excluding hydrogens is 407 g/mol. The molecule has 3 rings (SSSR count). The lowest BCUT2D eigenvalue weighted by Crippen LogP contribution is -1.99. The van der Waals surface area contributed by atoms with Crippen LogP contribution < -0.4 is 0 Å². The molecule has 0 bridgehead atoms. The Kier molecular flexibility index (Phi) is 5.99. The highest BCUT2D eigenvalue weighted by atomic mass is 79.9. The molecule has 1 aromatic heterocycles. The van der Waals surface area contributed by atoms with E-state index in [0.29, 0.717) is 35.3 Å². The fourth-order valence-electron chi connectivity index (χ4n) is 2.15. The standard InChI is InChI=1S/C18H14BrFN2O2S/c19-14-7-3-13(4-8-14)17-21-22-18(24-17)25-11-1-2-16(23)12-5-9-15(20)10-6-12/h3-10H,1-2,11H2. The first-order valence-corrected chi connectivity index (χ1v) is 9.41. The minimum atomic E-state index is -0.343. The molecule has 0 spiro atoms. The summed E-state index contributed by atoms with van der Waals surface area (Å²) in [5.41, 5.74) is 1.38. The van der Waals surface area contributed by atoms with Gasteiger partial charge < -0.3 is 4.42 Å². The molecule has 0 N–H and O–H groups in total. The van der Waals surface area contributed by atoms with Gasteiger partial charge in [0.2, 0.25) is 5.89 Å². The van der Waals surface area contributed by atoms with Crippen LogP contribution in [0.15, 0.2) is 62.6 Å². The predicted octanol–water partition coefficient (Wildman–Crippen LogP) is 5.39. The number of ketones is 1. The summed E-state index contributed by atoms with van der Waals surface area (Å²) in [6.07, 6.45) is 1.07. The van der Waals surface area contributed by atoms with Gasteiger partial charge in [0.05, 0.1) is 0 Å². The molecule has 0 radical (unpaired) electrons. The molecule has 7 heteroatoms. The minimum absolute atomic E-state index is 0.00156. The van der Waals surface area contributed by atoms with Gasteiger partial charge in [-0.05, 0) is 55.0 Å². The van der Waals surface area contributed by atoms with E-state index in [1.165, 1.54) is 36.0 Å². The van der Waals surface area contributed by atoms with Crippen LogP contribution in [0.25, 0.3) is 11.5 Å². The molecule has 0 aliphatic rings. The fourth-order valence-corrected chi connectivity index (χ4v) is 3.11. The van der Waals surface area contributed by atoms with Crippen LogP contribution in [0.2, 0.25) is 0 Å². The van der Waals surface area contributed by atoms with Gasteiger partial charge in [-0.1, -0.05) is 27.7 Å². The van der Waals surface area contributed by atoms with Crippen molar-refractivity contribution in [2.45, 2.75) is 18.1 Å². The van der Waals surface area contributed by atoms with Gasteiger partial charge in [0, 0.05) is 27.8 Å². The summed E-state index contributed by atoms with van der Waals surface area (Å²) in [7, 11) is 0. The highest BCUT2D eigenvalue weighted by molar-refractivity contribution is 9.10. The third-order valence-electron chi connectivity index (χ3n) is 3.44. The molecule has 0 aliphatic carbocycles. The number of thioether (sulfide) groups is 1. The summed E-state index contributed by atoms with van der Waals surface area (Å²) < 4.78 is 19.4. The van der Waals surface area contributed by atoms with Crippen LogP contribution in [0.1, 0.15) is 23.2 Å². The van der Waals surface area contributed by atoms with Crippen LogP contribution in [0.3, 0.4) is 0 Å².